The number of nitrogens with one attached hydrogen (secondary N) is 1. The van der Waals surface area contributed by atoms with Crippen LogP contribution in [0.2, 0.25) is 5.02 Å². The van der Waals surface area contributed by atoms with Crippen LogP contribution in [0.5, 0.6) is 0 Å². The maximum atomic E-state index is 13.1. The molecule has 3 aromatic heterocycles. The molecule has 0 aliphatic heterocycles. The molecule has 0 fully saturated rings. The minimum absolute atomic E-state index is 0.377. The molecular weight excluding hydrogens is 384 g/mol. The number of rotatable bonds is 1. The van der Waals surface area contributed by atoms with Crippen molar-refractivity contribution in [2.45, 2.75) is 0 Å². The normalized spacial score (nSPS) is 11.8. The molecule has 3 aromatic carbocycles. The highest BCUT2D eigenvalue weighted by Gasteiger charge is 2.18. The Kier molecular flexibility index (Phi) is 3.34. The second-order valence-electron chi connectivity index (χ2n) is 7.01. The summed E-state index contributed by atoms with van der Waals surface area (Å²) >= 11 is 6.11. The van der Waals surface area contributed by atoms with Gasteiger partial charge < -0.3 is 9.40 Å². The third-order valence-corrected chi connectivity index (χ3v) is 5.63. The Morgan fingerprint density at radius 1 is 0.862 bits per heavy atom. The summed E-state index contributed by atoms with van der Waals surface area (Å²) in [6.07, 6.45) is 1.79. The van der Waals surface area contributed by atoms with Gasteiger partial charge in [-0.2, -0.15) is 0 Å². The predicted octanol–water partition coefficient (Wildman–Crippen LogP) is 6.30. The van der Waals surface area contributed by atoms with Gasteiger partial charge in [-0.3, -0.25) is 4.98 Å². The molecule has 6 rings (SSSR count). The quantitative estimate of drug-likeness (QED) is 0.201. The molecule has 0 saturated heterocycles. The number of halogens is 1. The molecule has 0 saturated carbocycles. The molecule has 5 heteroatoms. The van der Waals surface area contributed by atoms with Crippen LogP contribution >= 0.6 is 11.6 Å². The zero-order valence-corrected chi connectivity index (χ0v) is 15.8. The first-order chi connectivity index (χ1) is 14.2. The van der Waals surface area contributed by atoms with E-state index in [1.54, 1.807) is 12.3 Å². The zero-order chi connectivity index (χ0) is 19.5. The van der Waals surface area contributed by atoms with Gasteiger partial charge in [-0.15, -0.1) is 0 Å². The van der Waals surface area contributed by atoms with Crippen LogP contribution in [0.15, 0.2) is 82.1 Å². The van der Waals surface area contributed by atoms with Crippen molar-refractivity contribution in [2.24, 2.45) is 0 Å². The third-order valence-electron chi connectivity index (χ3n) is 5.38. The number of aromatic nitrogens is 2. The van der Waals surface area contributed by atoms with Gasteiger partial charge in [-0.05, 0) is 35.9 Å². The van der Waals surface area contributed by atoms with Gasteiger partial charge in [-0.1, -0.05) is 48.0 Å². The van der Waals surface area contributed by atoms with E-state index in [0.717, 1.165) is 43.8 Å². The second-order valence-corrected chi connectivity index (χ2v) is 7.45. The number of benzene rings is 3. The summed E-state index contributed by atoms with van der Waals surface area (Å²) in [4.78, 5) is 21.1. The van der Waals surface area contributed by atoms with E-state index in [1.807, 2.05) is 60.7 Å². The maximum absolute atomic E-state index is 13.1. The SMILES string of the molecule is O=c1oc2ccccc2c2[nH]c3c(ccc4ccnc43)c(-c3ccc(Cl)cc3)c12. The van der Waals surface area contributed by atoms with Gasteiger partial charge in [0.15, 0.2) is 0 Å². The van der Waals surface area contributed by atoms with Crippen molar-refractivity contribution >= 4 is 55.3 Å². The third kappa shape index (κ3) is 2.33. The lowest BCUT2D eigenvalue weighted by molar-refractivity contribution is 0.569. The molecule has 29 heavy (non-hydrogen) atoms. The smallest absolute Gasteiger partial charge is 0.346 e. The van der Waals surface area contributed by atoms with Crippen LogP contribution in [0.3, 0.4) is 0 Å². The van der Waals surface area contributed by atoms with Crippen LogP contribution < -0.4 is 5.63 Å². The Balaban J connectivity index is 1.94. The highest BCUT2D eigenvalue weighted by Crippen LogP contribution is 2.38. The number of hydrogen-bond acceptors (Lipinski definition) is 3. The number of fused-ring (bicyclic) bond motifs is 6. The lowest BCUT2D eigenvalue weighted by atomic mass is 9.95. The summed E-state index contributed by atoms with van der Waals surface area (Å²) in [7, 11) is 0. The molecule has 0 atom stereocenters. The van der Waals surface area contributed by atoms with E-state index in [0.29, 0.717) is 16.0 Å². The second kappa shape index (κ2) is 5.93. The number of para-hydroxylation sites is 1. The van der Waals surface area contributed by atoms with Crippen LogP contribution in [0.25, 0.3) is 54.8 Å². The summed E-state index contributed by atoms with van der Waals surface area (Å²) in [5.74, 6) is 0. The van der Waals surface area contributed by atoms with E-state index in [2.05, 4.69) is 9.97 Å². The Morgan fingerprint density at radius 3 is 2.55 bits per heavy atom. The van der Waals surface area contributed by atoms with Crippen molar-refractivity contribution in [2.75, 3.05) is 0 Å². The summed E-state index contributed by atoms with van der Waals surface area (Å²) in [5, 5.41) is 3.96. The van der Waals surface area contributed by atoms with Crippen molar-refractivity contribution in [1.29, 1.82) is 0 Å². The zero-order valence-electron chi connectivity index (χ0n) is 15.1. The van der Waals surface area contributed by atoms with Crippen LogP contribution in [0.4, 0.5) is 0 Å². The first-order valence-electron chi connectivity index (χ1n) is 9.21. The van der Waals surface area contributed by atoms with Gasteiger partial charge in [0.2, 0.25) is 0 Å². The van der Waals surface area contributed by atoms with E-state index < -0.39 is 0 Å². The Bertz CT molecular complexity index is 1630. The Labute approximate surface area is 169 Å². The van der Waals surface area contributed by atoms with Gasteiger partial charge in [0, 0.05) is 32.9 Å². The summed E-state index contributed by atoms with van der Waals surface area (Å²) < 4.78 is 5.66. The average molecular weight is 397 g/mol. The molecule has 0 unspecified atom stereocenters. The molecule has 6 aromatic rings. The lowest BCUT2D eigenvalue weighted by Gasteiger charge is -2.13. The lowest BCUT2D eigenvalue weighted by Crippen LogP contribution is -2.04. The summed E-state index contributed by atoms with van der Waals surface area (Å²) in [5.41, 5.74) is 4.38. The molecule has 0 aliphatic rings. The minimum Gasteiger partial charge on any atom is -0.422 e. The van der Waals surface area contributed by atoms with Gasteiger partial charge in [0.25, 0.3) is 0 Å². The van der Waals surface area contributed by atoms with Gasteiger partial charge in [0.05, 0.1) is 21.9 Å². The molecule has 3 heterocycles. The van der Waals surface area contributed by atoms with E-state index in [1.165, 1.54) is 0 Å². The number of H-pyrrole nitrogens is 1. The van der Waals surface area contributed by atoms with Gasteiger partial charge in [-0.25, -0.2) is 4.79 Å². The first-order valence-corrected chi connectivity index (χ1v) is 9.59. The highest BCUT2D eigenvalue weighted by molar-refractivity contribution is 6.30. The molecule has 0 spiro atoms. The number of nitrogens with zero attached hydrogens (tertiary/aromatic N) is 1. The van der Waals surface area contributed by atoms with E-state index >= 15 is 0 Å². The van der Waals surface area contributed by atoms with E-state index in [9.17, 15) is 4.79 Å². The fourth-order valence-electron chi connectivity index (χ4n) is 4.09. The topological polar surface area (TPSA) is 58.9 Å². The van der Waals surface area contributed by atoms with Crippen molar-refractivity contribution in [3.05, 3.63) is 88.4 Å². The van der Waals surface area contributed by atoms with Crippen LogP contribution in [0.1, 0.15) is 0 Å². The average Bonchev–Trinajstić information content (AvgIpc) is 3.22. The standard InChI is InChI=1S/C24H13ClN2O2/c25-15-8-5-13(6-9-15)19-17-10-7-14-11-12-26-21(14)23(17)27-22-16-3-1-2-4-18(16)29-24(28)20(19)22/h1-12,27H. The van der Waals surface area contributed by atoms with Crippen molar-refractivity contribution in [3.63, 3.8) is 0 Å². The summed E-state index contributed by atoms with van der Waals surface area (Å²) in [6.45, 7) is 0. The first kappa shape index (κ1) is 16.3. The van der Waals surface area contributed by atoms with Crippen LogP contribution in [-0.4, -0.2) is 9.97 Å². The molecule has 4 nitrogen and oxygen atoms in total. The number of pyridine rings is 1. The van der Waals surface area contributed by atoms with Crippen LogP contribution in [0, 0.1) is 0 Å². The predicted molar refractivity (Wildman–Crippen MR) is 118 cm³/mol. The number of aromatic amines is 1. The molecule has 0 bridgehead atoms. The van der Waals surface area contributed by atoms with Crippen molar-refractivity contribution in [1.82, 2.24) is 9.97 Å². The van der Waals surface area contributed by atoms with Gasteiger partial charge >= 0.3 is 5.63 Å². The summed E-state index contributed by atoms with van der Waals surface area (Å²) in [6, 6.07) is 21.1. The van der Waals surface area contributed by atoms with Crippen LogP contribution in [-0.2, 0) is 0 Å². The minimum atomic E-state index is -0.377. The highest BCUT2D eigenvalue weighted by atomic mass is 35.5. The van der Waals surface area contributed by atoms with Gasteiger partial charge in [0.1, 0.15) is 5.58 Å². The molecule has 0 radical (unpaired) electrons. The van der Waals surface area contributed by atoms with E-state index in [4.69, 9.17) is 16.0 Å². The van der Waals surface area contributed by atoms with Crippen molar-refractivity contribution < 1.29 is 4.42 Å². The van der Waals surface area contributed by atoms with Crippen molar-refractivity contribution in [3.8, 4) is 11.1 Å². The molecule has 1 N–H and O–H groups in total. The molecule has 0 aliphatic carbocycles. The fraction of sp³-hybridized carbons (Fsp3) is 0. The molecule has 138 valence electrons. The maximum Gasteiger partial charge on any atom is 0.346 e. The Morgan fingerprint density at radius 2 is 1.69 bits per heavy atom. The number of hydrogen-bond donors (Lipinski definition) is 1. The largest absolute Gasteiger partial charge is 0.422 e. The molecule has 0 amide bonds. The Hall–Kier alpha value is -3.63. The molecular formula is C24H13ClN2O2. The monoisotopic (exact) mass is 396 g/mol. The van der Waals surface area contributed by atoms with E-state index in [-0.39, 0.29) is 5.63 Å². The fourth-order valence-corrected chi connectivity index (χ4v) is 4.22.